The number of nitrogens with zero attached hydrogens (tertiary/aromatic N) is 2. The van der Waals surface area contributed by atoms with Gasteiger partial charge in [0, 0.05) is 26.2 Å². The van der Waals surface area contributed by atoms with Crippen LogP contribution in [-0.2, 0) is 9.57 Å². The number of ether oxygens (including phenoxy) is 1. The van der Waals surface area contributed by atoms with Crippen molar-refractivity contribution in [3.63, 3.8) is 0 Å². The van der Waals surface area contributed by atoms with Crippen LogP contribution in [0.1, 0.15) is 33.6 Å². The Labute approximate surface area is 121 Å². The molecule has 20 heavy (non-hydrogen) atoms. The summed E-state index contributed by atoms with van der Waals surface area (Å²) in [4.78, 5) is 19.7. The summed E-state index contributed by atoms with van der Waals surface area (Å²) in [6, 6.07) is 0. The lowest BCUT2D eigenvalue weighted by Gasteiger charge is -2.37. The van der Waals surface area contributed by atoms with Crippen LogP contribution in [0.15, 0.2) is 0 Å². The zero-order valence-electron chi connectivity index (χ0n) is 12.9. The van der Waals surface area contributed by atoms with Crippen LogP contribution in [0.2, 0.25) is 0 Å². The number of hydrogen-bond acceptors (Lipinski definition) is 5. The second-order valence-corrected chi connectivity index (χ2v) is 6.45. The topological polar surface area (TPSA) is 54.0 Å². The lowest BCUT2D eigenvalue weighted by Crippen LogP contribution is -2.51. The Morgan fingerprint density at radius 2 is 1.70 bits per heavy atom. The van der Waals surface area contributed by atoms with Gasteiger partial charge in [-0.3, -0.25) is 4.84 Å². The van der Waals surface area contributed by atoms with E-state index in [1.807, 2.05) is 25.8 Å². The highest BCUT2D eigenvalue weighted by molar-refractivity contribution is 5.68. The lowest BCUT2D eigenvalue weighted by atomic mass is 10.1. The molecule has 0 aliphatic carbocycles. The summed E-state index contributed by atoms with van der Waals surface area (Å²) >= 11 is 0. The minimum absolute atomic E-state index is 0.223. The van der Waals surface area contributed by atoms with Gasteiger partial charge in [-0.25, -0.2) is 4.79 Å². The fourth-order valence-electron chi connectivity index (χ4n) is 2.41. The standard InChI is InChI=1S/C14H27N3O3/c1-14(2,3)19-13(18)16-8-10-17(11-9-16)20-12-4-6-15-7-5-12/h12,15H,4-11H2,1-3H3. The molecule has 2 saturated heterocycles. The number of amides is 1. The zero-order valence-corrected chi connectivity index (χ0v) is 12.9. The number of hydrogen-bond donors (Lipinski definition) is 1. The molecular weight excluding hydrogens is 258 g/mol. The second kappa shape index (κ2) is 6.74. The van der Waals surface area contributed by atoms with Crippen molar-refractivity contribution >= 4 is 6.09 Å². The highest BCUT2D eigenvalue weighted by Crippen LogP contribution is 2.14. The third-order valence-corrected chi connectivity index (χ3v) is 3.47. The van der Waals surface area contributed by atoms with E-state index in [-0.39, 0.29) is 6.09 Å². The van der Waals surface area contributed by atoms with E-state index in [1.165, 1.54) is 0 Å². The monoisotopic (exact) mass is 285 g/mol. The largest absolute Gasteiger partial charge is 0.444 e. The zero-order chi connectivity index (χ0) is 14.6. The van der Waals surface area contributed by atoms with Crippen molar-refractivity contribution in [1.82, 2.24) is 15.3 Å². The van der Waals surface area contributed by atoms with Gasteiger partial charge in [0.25, 0.3) is 0 Å². The molecule has 0 radical (unpaired) electrons. The fourth-order valence-corrected chi connectivity index (χ4v) is 2.41. The van der Waals surface area contributed by atoms with Crippen molar-refractivity contribution in [3.05, 3.63) is 0 Å². The quantitative estimate of drug-likeness (QED) is 0.827. The summed E-state index contributed by atoms with van der Waals surface area (Å²) in [7, 11) is 0. The van der Waals surface area contributed by atoms with Gasteiger partial charge in [0.15, 0.2) is 0 Å². The second-order valence-electron chi connectivity index (χ2n) is 6.45. The molecule has 6 heteroatoms. The summed E-state index contributed by atoms with van der Waals surface area (Å²) in [5.74, 6) is 0. The average molecular weight is 285 g/mol. The predicted molar refractivity (Wildman–Crippen MR) is 76.4 cm³/mol. The van der Waals surface area contributed by atoms with Crippen LogP contribution in [0.4, 0.5) is 4.79 Å². The predicted octanol–water partition coefficient (Wildman–Crippen LogP) is 1.22. The molecule has 0 spiro atoms. The normalized spacial score (nSPS) is 22.9. The highest BCUT2D eigenvalue weighted by atomic mass is 16.7. The van der Waals surface area contributed by atoms with Gasteiger partial charge in [-0.2, -0.15) is 5.06 Å². The summed E-state index contributed by atoms with van der Waals surface area (Å²) in [5.41, 5.74) is -0.431. The highest BCUT2D eigenvalue weighted by Gasteiger charge is 2.27. The third kappa shape index (κ3) is 4.92. The minimum Gasteiger partial charge on any atom is -0.444 e. The van der Waals surface area contributed by atoms with Crippen LogP contribution in [0.25, 0.3) is 0 Å². The van der Waals surface area contributed by atoms with Crippen molar-refractivity contribution < 1.29 is 14.4 Å². The first-order valence-corrected chi connectivity index (χ1v) is 7.54. The van der Waals surface area contributed by atoms with Gasteiger partial charge in [-0.15, -0.1) is 0 Å². The molecule has 116 valence electrons. The van der Waals surface area contributed by atoms with E-state index in [0.717, 1.165) is 39.0 Å². The number of hydroxylamine groups is 2. The van der Waals surface area contributed by atoms with Crippen LogP contribution in [0, 0.1) is 0 Å². The molecule has 0 atom stereocenters. The Balaban J connectivity index is 1.70. The van der Waals surface area contributed by atoms with Crippen molar-refractivity contribution in [2.75, 3.05) is 39.3 Å². The molecule has 2 heterocycles. The number of nitrogens with one attached hydrogen (secondary N) is 1. The summed E-state index contributed by atoms with van der Waals surface area (Å²) in [5, 5.41) is 5.32. The Morgan fingerprint density at radius 3 is 2.25 bits per heavy atom. The first-order chi connectivity index (χ1) is 9.44. The Hall–Kier alpha value is -0.850. The van der Waals surface area contributed by atoms with Crippen LogP contribution < -0.4 is 5.32 Å². The van der Waals surface area contributed by atoms with Gasteiger partial charge in [0.2, 0.25) is 0 Å². The van der Waals surface area contributed by atoms with Gasteiger partial charge >= 0.3 is 6.09 Å². The number of rotatable bonds is 2. The number of piperazine rings is 1. The van der Waals surface area contributed by atoms with E-state index in [9.17, 15) is 4.79 Å². The molecule has 1 amide bonds. The van der Waals surface area contributed by atoms with Gasteiger partial charge in [-0.05, 0) is 46.7 Å². The van der Waals surface area contributed by atoms with Gasteiger partial charge in [0.05, 0.1) is 6.10 Å². The molecule has 0 unspecified atom stereocenters. The Kier molecular flexibility index (Phi) is 5.23. The molecule has 0 aromatic carbocycles. The average Bonchev–Trinajstić information content (AvgIpc) is 2.39. The fraction of sp³-hybridized carbons (Fsp3) is 0.929. The summed E-state index contributed by atoms with van der Waals surface area (Å²) in [6.07, 6.45) is 2.22. The molecule has 2 aliphatic heterocycles. The Bertz CT molecular complexity index is 316. The van der Waals surface area contributed by atoms with Crippen LogP contribution in [-0.4, -0.2) is 67.0 Å². The third-order valence-electron chi connectivity index (χ3n) is 3.47. The minimum atomic E-state index is -0.431. The molecule has 2 aliphatic rings. The van der Waals surface area contributed by atoms with Crippen molar-refractivity contribution in [3.8, 4) is 0 Å². The van der Waals surface area contributed by atoms with E-state index in [1.54, 1.807) is 4.90 Å². The smallest absolute Gasteiger partial charge is 0.410 e. The number of carbonyl (C=O) groups excluding carboxylic acids is 1. The maximum atomic E-state index is 11.9. The van der Waals surface area contributed by atoms with E-state index in [4.69, 9.17) is 9.57 Å². The number of carbonyl (C=O) groups is 1. The maximum absolute atomic E-state index is 11.9. The van der Waals surface area contributed by atoms with Crippen LogP contribution in [0.3, 0.4) is 0 Å². The van der Waals surface area contributed by atoms with E-state index in [2.05, 4.69) is 5.32 Å². The summed E-state index contributed by atoms with van der Waals surface area (Å²) < 4.78 is 5.38. The molecule has 0 saturated carbocycles. The first kappa shape index (κ1) is 15.5. The van der Waals surface area contributed by atoms with E-state index < -0.39 is 5.60 Å². The van der Waals surface area contributed by atoms with Crippen molar-refractivity contribution in [2.24, 2.45) is 0 Å². The van der Waals surface area contributed by atoms with Gasteiger partial charge < -0.3 is 15.0 Å². The molecule has 1 N–H and O–H groups in total. The Morgan fingerprint density at radius 1 is 1.10 bits per heavy atom. The molecule has 0 aromatic rings. The van der Waals surface area contributed by atoms with E-state index >= 15 is 0 Å². The maximum Gasteiger partial charge on any atom is 0.410 e. The van der Waals surface area contributed by atoms with Gasteiger partial charge in [-0.1, -0.05) is 0 Å². The molecule has 2 rings (SSSR count). The summed E-state index contributed by atoms with van der Waals surface area (Å²) in [6.45, 7) is 10.6. The number of piperidine rings is 1. The van der Waals surface area contributed by atoms with Gasteiger partial charge in [0.1, 0.15) is 5.60 Å². The molecular formula is C14H27N3O3. The first-order valence-electron chi connectivity index (χ1n) is 7.54. The van der Waals surface area contributed by atoms with E-state index in [0.29, 0.717) is 19.2 Å². The molecule has 2 fully saturated rings. The van der Waals surface area contributed by atoms with Crippen molar-refractivity contribution in [1.29, 1.82) is 0 Å². The SMILES string of the molecule is CC(C)(C)OC(=O)N1CCN(OC2CCNCC2)CC1. The molecule has 0 bridgehead atoms. The van der Waals surface area contributed by atoms with Crippen LogP contribution >= 0.6 is 0 Å². The lowest BCUT2D eigenvalue weighted by molar-refractivity contribution is -0.215. The van der Waals surface area contributed by atoms with Crippen LogP contribution in [0.5, 0.6) is 0 Å². The molecule has 0 aromatic heterocycles. The molecule has 6 nitrogen and oxygen atoms in total. The van der Waals surface area contributed by atoms with Crippen molar-refractivity contribution in [2.45, 2.75) is 45.3 Å².